The third-order valence-electron chi connectivity index (χ3n) is 1.80. The number of anilines is 1. The van der Waals surface area contributed by atoms with Crippen molar-refractivity contribution in [1.29, 1.82) is 0 Å². The number of rotatable bonds is 3. The van der Waals surface area contributed by atoms with E-state index in [1.54, 1.807) is 38.1 Å². The highest BCUT2D eigenvalue weighted by atomic mass is 16.3. The maximum absolute atomic E-state index is 11.6. The van der Waals surface area contributed by atoms with Crippen molar-refractivity contribution in [1.82, 2.24) is 0 Å². The standard InChI is InChI=1S/C11H15NO2/c1-11(2,14)7-10(13)8-4-3-5-9(12)6-8/h3-6,14H,7,12H2,1-2H3. The molecule has 0 spiro atoms. The van der Waals surface area contributed by atoms with E-state index in [1.165, 1.54) is 0 Å². The first-order valence-electron chi connectivity index (χ1n) is 4.49. The molecule has 0 saturated heterocycles. The van der Waals surface area contributed by atoms with Crippen LogP contribution >= 0.6 is 0 Å². The Bertz CT molecular complexity index is 339. The normalized spacial score (nSPS) is 11.4. The summed E-state index contributed by atoms with van der Waals surface area (Å²) in [5, 5.41) is 9.47. The molecule has 0 aromatic heterocycles. The number of ketones is 1. The summed E-state index contributed by atoms with van der Waals surface area (Å²) in [7, 11) is 0. The van der Waals surface area contributed by atoms with Crippen molar-refractivity contribution in [2.45, 2.75) is 25.9 Å². The van der Waals surface area contributed by atoms with Crippen LogP contribution in [0, 0.1) is 0 Å². The first-order valence-corrected chi connectivity index (χ1v) is 4.49. The molecule has 3 heteroatoms. The first kappa shape index (κ1) is 10.7. The monoisotopic (exact) mass is 193 g/mol. The van der Waals surface area contributed by atoms with Crippen LogP contribution < -0.4 is 5.73 Å². The molecule has 1 rings (SSSR count). The molecule has 3 nitrogen and oxygen atoms in total. The summed E-state index contributed by atoms with van der Waals surface area (Å²) in [5.41, 5.74) is 5.68. The maximum atomic E-state index is 11.6. The van der Waals surface area contributed by atoms with Crippen molar-refractivity contribution in [3.8, 4) is 0 Å². The molecular weight excluding hydrogens is 178 g/mol. The minimum atomic E-state index is -0.971. The van der Waals surface area contributed by atoms with Gasteiger partial charge >= 0.3 is 0 Å². The van der Waals surface area contributed by atoms with E-state index in [0.29, 0.717) is 11.3 Å². The van der Waals surface area contributed by atoms with Crippen LogP contribution in [0.3, 0.4) is 0 Å². The maximum Gasteiger partial charge on any atom is 0.165 e. The molecule has 14 heavy (non-hydrogen) atoms. The van der Waals surface area contributed by atoms with Gasteiger partial charge in [0, 0.05) is 17.7 Å². The molecule has 0 aliphatic carbocycles. The zero-order valence-electron chi connectivity index (χ0n) is 8.45. The number of Topliss-reactive ketones (excluding diaryl/α,β-unsaturated/α-hetero) is 1. The van der Waals surface area contributed by atoms with Crippen LogP contribution in [0.15, 0.2) is 24.3 Å². The molecule has 0 bridgehead atoms. The smallest absolute Gasteiger partial charge is 0.165 e. The lowest BCUT2D eigenvalue weighted by Gasteiger charge is -2.15. The van der Waals surface area contributed by atoms with Gasteiger partial charge < -0.3 is 10.8 Å². The highest BCUT2D eigenvalue weighted by Crippen LogP contribution is 2.14. The quantitative estimate of drug-likeness (QED) is 0.566. The van der Waals surface area contributed by atoms with Gasteiger partial charge in [0.05, 0.1) is 5.60 Å². The molecule has 1 aromatic carbocycles. The van der Waals surface area contributed by atoms with Crippen LogP contribution in [-0.2, 0) is 0 Å². The van der Waals surface area contributed by atoms with Gasteiger partial charge in [-0.1, -0.05) is 12.1 Å². The molecule has 76 valence electrons. The van der Waals surface area contributed by atoms with Crippen LogP contribution in [0.25, 0.3) is 0 Å². The predicted molar refractivity (Wildman–Crippen MR) is 56.1 cm³/mol. The van der Waals surface area contributed by atoms with Crippen LogP contribution in [0.2, 0.25) is 0 Å². The lowest BCUT2D eigenvalue weighted by molar-refractivity contribution is 0.0587. The van der Waals surface area contributed by atoms with Gasteiger partial charge in [-0.25, -0.2) is 0 Å². The number of carbonyl (C=O) groups excluding carboxylic acids is 1. The third-order valence-corrected chi connectivity index (χ3v) is 1.80. The molecule has 0 aliphatic heterocycles. The molecule has 0 aliphatic rings. The van der Waals surface area contributed by atoms with Gasteiger partial charge in [-0.15, -0.1) is 0 Å². The highest BCUT2D eigenvalue weighted by Gasteiger charge is 2.18. The van der Waals surface area contributed by atoms with Crippen LogP contribution in [0.4, 0.5) is 5.69 Å². The summed E-state index contributed by atoms with van der Waals surface area (Å²) in [6, 6.07) is 6.77. The van der Waals surface area contributed by atoms with Crippen molar-refractivity contribution in [2.24, 2.45) is 0 Å². The molecule has 3 N–H and O–H groups in total. The van der Waals surface area contributed by atoms with Gasteiger partial charge in [-0.05, 0) is 26.0 Å². The lowest BCUT2D eigenvalue weighted by atomic mass is 9.97. The fourth-order valence-electron chi connectivity index (χ4n) is 1.21. The third kappa shape index (κ3) is 3.18. The van der Waals surface area contributed by atoms with E-state index in [-0.39, 0.29) is 12.2 Å². The molecule has 0 radical (unpaired) electrons. The van der Waals surface area contributed by atoms with Crippen molar-refractivity contribution < 1.29 is 9.90 Å². The minimum Gasteiger partial charge on any atom is -0.399 e. The predicted octanol–water partition coefficient (Wildman–Crippen LogP) is 1.61. The summed E-state index contributed by atoms with van der Waals surface area (Å²) in [6.45, 7) is 3.22. The second-order valence-electron chi connectivity index (χ2n) is 4.04. The number of nitrogens with two attached hydrogens (primary N) is 1. The van der Waals surface area contributed by atoms with Gasteiger partial charge in [0.25, 0.3) is 0 Å². The molecule has 1 aromatic rings. The highest BCUT2D eigenvalue weighted by molar-refractivity contribution is 5.97. The molecule has 0 atom stereocenters. The number of hydrogen-bond donors (Lipinski definition) is 2. The number of nitrogen functional groups attached to an aromatic ring is 1. The number of benzene rings is 1. The SMILES string of the molecule is CC(C)(O)CC(=O)c1cccc(N)c1. The Morgan fingerprint density at radius 2 is 2.14 bits per heavy atom. The topological polar surface area (TPSA) is 63.3 Å². The fourth-order valence-corrected chi connectivity index (χ4v) is 1.21. The summed E-state index contributed by atoms with van der Waals surface area (Å²) in [5.74, 6) is -0.0928. The van der Waals surface area contributed by atoms with Gasteiger partial charge in [-0.2, -0.15) is 0 Å². The summed E-state index contributed by atoms with van der Waals surface area (Å²) in [4.78, 5) is 11.6. The van der Waals surface area contributed by atoms with E-state index >= 15 is 0 Å². The van der Waals surface area contributed by atoms with Gasteiger partial charge in [0.15, 0.2) is 5.78 Å². The average molecular weight is 193 g/mol. The molecule has 0 amide bonds. The van der Waals surface area contributed by atoms with Crippen molar-refractivity contribution in [3.63, 3.8) is 0 Å². The first-order chi connectivity index (χ1) is 6.38. The Morgan fingerprint density at radius 1 is 1.50 bits per heavy atom. The molecule has 0 unspecified atom stereocenters. The molecule has 0 heterocycles. The average Bonchev–Trinajstić information content (AvgIpc) is 2.01. The van der Waals surface area contributed by atoms with E-state index in [1.807, 2.05) is 0 Å². The Balaban J connectivity index is 2.80. The Labute approximate surface area is 83.6 Å². The number of carbonyl (C=O) groups is 1. The fraction of sp³-hybridized carbons (Fsp3) is 0.364. The molecular formula is C11H15NO2. The minimum absolute atomic E-state index is 0.0928. The van der Waals surface area contributed by atoms with Crippen LogP contribution in [0.1, 0.15) is 30.6 Å². The van der Waals surface area contributed by atoms with Crippen molar-refractivity contribution in [3.05, 3.63) is 29.8 Å². The van der Waals surface area contributed by atoms with Gasteiger partial charge in [-0.3, -0.25) is 4.79 Å². The Hall–Kier alpha value is -1.35. The Kier molecular flexibility index (Phi) is 2.91. The number of hydrogen-bond acceptors (Lipinski definition) is 3. The van der Waals surface area contributed by atoms with E-state index in [0.717, 1.165) is 0 Å². The van der Waals surface area contributed by atoms with E-state index in [4.69, 9.17) is 5.73 Å². The summed E-state index contributed by atoms with van der Waals surface area (Å²) in [6.07, 6.45) is 0.108. The van der Waals surface area contributed by atoms with E-state index < -0.39 is 5.60 Å². The summed E-state index contributed by atoms with van der Waals surface area (Å²) < 4.78 is 0. The zero-order valence-corrected chi connectivity index (χ0v) is 8.45. The van der Waals surface area contributed by atoms with Crippen molar-refractivity contribution >= 4 is 11.5 Å². The zero-order chi connectivity index (χ0) is 10.8. The molecule has 0 saturated carbocycles. The second-order valence-corrected chi connectivity index (χ2v) is 4.04. The largest absolute Gasteiger partial charge is 0.399 e. The van der Waals surface area contributed by atoms with E-state index in [9.17, 15) is 9.90 Å². The lowest BCUT2D eigenvalue weighted by Crippen LogP contribution is -2.23. The van der Waals surface area contributed by atoms with Crippen LogP contribution in [0.5, 0.6) is 0 Å². The molecule has 0 fully saturated rings. The summed E-state index contributed by atoms with van der Waals surface area (Å²) >= 11 is 0. The Morgan fingerprint density at radius 3 is 2.64 bits per heavy atom. The van der Waals surface area contributed by atoms with E-state index in [2.05, 4.69) is 0 Å². The second kappa shape index (κ2) is 3.80. The van der Waals surface area contributed by atoms with Gasteiger partial charge in [0.2, 0.25) is 0 Å². The number of aliphatic hydroxyl groups is 1. The van der Waals surface area contributed by atoms with Crippen molar-refractivity contribution in [2.75, 3.05) is 5.73 Å². The van der Waals surface area contributed by atoms with Gasteiger partial charge in [0.1, 0.15) is 0 Å². The van der Waals surface area contributed by atoms with Crippen LogP contribution in [-0.4, -0.2) is 16.5 Å².